The van der Waals surface area contributed by atoms with Gasteiger partial charge in [0, 0.05) is 0 Å². The summed E-state index contributed by atoms with van der Waals surface area (Å²) in [6, 6.07) is 25.3. The maximum absolute atomic E-state index is 4.00. The molecule has 0 radical (unpaired) electrons. The molecule has 0 heterocycles. The van der Waals surface area contributed by atoms with E-state index < -0.39 is 0 Å². The lowest BCUT2D eigenvalue weighted by Crippen LogP contribution is -1.89. The summed E-state index contributed by atoms with van der Waals surface area (Å²) < 4.78 is 0. The van der Waals surface area contributed by atoms with E-state index in [1.54, 1.807) is 6.08 Å². The third kappa shape index (κ3) is 13.3. The van der Waals surface area contributed by atoms with Crippen LogP contribution < -0.4 is 0 Å². The zero-order valence-electron chi connectivity index (χ0n) is 24.6. The second-order valence-corrected chi connectivity index (χ2v) is 8.67. The Kier molecular flexibility index (Phi) is 17.6. The van der Waals surface area contributed by atoms with Crippen LogP contribution in [0.25, 0.3) is 17.2 Å². The zero-order chi connectivity index (χ0) is 28.2. The molecule has 0 fully saturated rings. The largest absolute Gasteiger partial charge is 0.0991 e. The van der Waals surface area contributed by atoms with Crippen LogP contribution in [0, 0.1) is 13.8 Å². The molecule has 37 heavy (non-hydrogen) atoms. The number of aryl methyl sites for hydroxylation is 3. The van der Waals surface area contributed by atoms with Gasteiger partial charge in [-0.25, -0.2) is 0 Å². The van der Waals surface area contributed by atoms with Crippen molar-refractivity contribution in [3.05, 3.63) is 150 Å². The molecule has 196 valence electrons. The van der Waals surface area contributed by atoms with Crippen LogP contribution in [0.2, 0.25) is 0 Å². The number of rotatable bonds is 6. The van der Waals surface area contributed by atoms with Crippen molar-refractivity contribution in [1.29, 1.82) is 0 Å². The molecule has 0 atom stereocenters. The smallest absolute Gasteiger partial charge is 0.0204 e. The summed E-state index contributed by atoms with van der Waals surface area (Å²) in [4.78, 5) is 0. The highest BCUT2D eigenvalue weighted by atomic mass is 14.1. The normalized spacial score (nSPS) is 10.4. The van der Waals surface area contributed by atoms with E-state index in [0.29, 0.717) is 0 Å². The Morgan fingerprint density at radius 3 is 1.89 bits per heavy atom. The van der Waals surface area contributed by atoms with Gasteiger partial charge in [0.1, 0.15) is 0 Å². The second kappa shape index (κ2) is 19.5. The first-order valence-corrected chi connectivity index (χ1v) is 13.2. The number of benzene rings is 3. The van der Waals surface area contributed by atoms with Gasteiger partial charge in [0.25, 0.3) is 0 Å². The van der Waals surface area contributed by atoms with Gasteiger partial charge in [-0.2, -0.15) is 0 Å². The Labute approximate surface area is 228 Å². The average Bonchev–Trinajstić information content (AvgIpc) is 2.93. The Morgan fingerprint density at radius 1 is 0.811 bits per heavy atom. The van der Waals surface area contributed by atoms with E-state index in [4.69, 9.17) is 0 Å². The van der Waals surface area contributed by atoms with Crippen molar-refractivity contribution >= 4 is 17.2 Å². The minimum atomic E-state index is 1.11. The highest BCUT2D eigenvalue weighted by molar-refractivity contribution is 5.73. The molecular weight excluding hydrogens is 444 g/mol. The maximum Gasteiger partial charge on any atom is -0.0204 e. The monoisotopic (exact) mass is 492 g/mol. The van der Waals surface area contributed by atoms with Crippen LogP contribution >= 0.6 is 0 Å². The van der Waals surface area contributed by atoms with Crippen LogP contribution in [0.5, 0.6) is 0 Å². The van der Waals surface area contributed by atoms with Crippen molar-refractivity contribution in [3.8, 4) is 0 Å². The summed E-state index contributed by atoms with van der Waals surface area (Å²) in [6.07, 6.45) is 8.85. The van der Waals surface area contributed by atoms with Crippen molar-refractivity contribution in [2.24, 2.45) is 0 Å². The van der Waals surface area contributed by atoms with Crippen LogP contribution in [-0.2, 0) is 6.42 Å². The lowest BCUT2D eigenvalue weighted by molar-refractivity contribution is 1.14. The fourth-order valence-electron chi connectivity index (χ4n) is 3.45. The van der Waals surface area contributed by atoms with E-state index in [9.17, 15) is 0 Å². The van der Waals surface area contributed by atoms with E-state index >= 15 is 0 Å². The Hall–Kier alpha value is -3.64. The van der Waals surface area contributed by atoms with Gasteiger partial charge in [-0.1, -0.05) is 149 Å². The first-order chi connectivity index (χ1) is 17.7. The fraction of sp³-hybridized carbons (Fsp3) is 0.243. The minimum Gasteiger partial charge on any atom is -0.0991 e. The topological polar surface area (TPSA) is 0 Å². The molecule has 0 aromatic heterocycles. The molecule has 0 saturated heterocycles. The SMILES string of the molecule is C=C/C=C\C(C)=C(/C)c1ccc(C(=C)C)c(C)c1.C=Cc1cccc(C)c1.CC.CCc1ccccc1. The molecule has 0 unspecified atom stereocenters. The van der Waals surface area contributed by atoms with Crippen molar-refractivity contribution in [2.75, 3.05) is 0 Å². The van der Waals surface area contributed by atoms with E-state index in [-0.39, 0.29) is 0 Å². The molecular formula is C37H48. The number of hydrogen-bond donors (Lipinski definition) is 0. The summed E-state index contributed by atoms with van der Waals surface area (Å²) >= 11 is 0. The number of hydrogen-bond acceptors (Lipinski definition) is 0. The molecule has 0 aliphatic carbocycles. The van der Waals surface area contributed by atoms with Gasteiger partial charge in [-0.05, 0) is 80.0 Å². The van der Waals surface area contributed by atoms with Gasteiger partial charge in [0.15, 0.2) is 0 Å². The van der Waals surface area contributed by atoms with E-state index in [2.05, 4.69) is 115 Å². The zero-order valence-corrected chi connectivity index (χ0v) is 24.6. The van der Waals surface area contributed by atoms with Gasteiger partial charge in [-0.15, -0.1) is 0 Å². The highest BCUT2D eigenvalue weighted by Crippen LogP contribution is 2.24. The molecule has 0 bridgehead atoms. The molecule has 0 amide bonds. The lowest BCUT2D eigenvalue weighted by atomic mass is 9.95. The molecule has 0 aliphatic heterocycles. The van der Waals surface area contributed by atoms with E-state index in [1.165, 1.54) is 44.5 Å². The fourth-order valence-corrected chi connectivity index (χ4v) is 3.45. The predicted octanol–water partition coefficient (Wildman–Crippen LogP) is 11.5. The van der Waals surface area contributed by atoms with Crippen LogP contribution in [0.15, 0.2) is 116 Å². The number of allylic oxidation sites excluding steroid dienone is 6. The average molecular weight is 493 g/mol. The molecule has 0 saturated carbocycles. The molecule has 0 aliphatic rings. The molecule has 3 rings (SSSR count). The summed E-state index contributed by atoms with van der Waals surface area (Å²) in [6.45, 7) is 28.1. The van der Waals surface area contributed by atoms with Gasteiger partial charge >= 0.3 is 0 Å². The summed E-state index contributed by atoms with van der Waals surface area (Å²) in [5.41, 5.74) is 11.3. The Balaban J connectivity index is 0.000000566. The quantitative estimate of drug-likeness (QED) is 0.300. The maximum atomic E-state index is 4.00. The van der Waals surface area contributed by atoms with Crippen LogP contribution in [-0.4, -0.2) is 0 Å². The predicted molar refractivity (Wildman–Crippen MR) is 172 cm³/mol. The molecule has 0 heteroatoms. The third-order valence-electron chi connectivity index (χ3n) is 5.72. The van der Waals surface area contributed by atoms with Crippen LogP contribution in [0.3, 0.4) is 0 Å². The highest BCUT2D eigenvalue weighted by Gasteiger charge is 2.03. The standard InChI is InChI=1S/C18H22.C9H10.C8H10.C2H6/c1-7-8-9-14(4)16(6)17-10-11-18(13(2)3)15(5)12-17;1-3-9-6-4-5-8(2)7-9;1-2-8-6-4-3-5-7-8;1-2/h7-12H,1-2H2,3-6H3;3-7H,1H2,2H3;3-7H,2H2,1H3;1-2H3/b9-8-,16-14+;;;. The van der Waals surface area contributed by atoms with Crippen molar-refractivity contribution in [1.82, 2.24) is 0 Å². The lowest BCUT2D eigenvalue weighted by Gasteiger charge is -2.10. The molecule has 0 nitrogen and oxygen atoms in total. The van der Waals surface area contributed by atoms with Gasteiger partial charge < -0.3 is 0 Å². The Bertz CT molecular complexity index is 1150. The van der Waals surface area contributed by atoms with Gasteiger partial charge in [-0.3, -0.25) is 0 Å². The summed E-state index contributed by atoms with van der Waals surface area (Å²) in [5, 5.41) is 0. The van der Waals surface area contributed by atoms with Crippen molar-refractivity contribution in [2.45, 2.75) is 61.8 Å². The summed E-state index contributed by atoms with van der Waals surface area (Å²) in [7, 11) is 0. The first-order valence-electron chi connectivity index (χ1n) is 13.2. The molecule has 3 aromatic rings. The van der Waals surface area contributed by atoms with Gasteiger partial charge in [0.05, 0.1) is 0 Å². The van der Waals surface area contributed by atoms with E-state index in [1.807, 2.05) is 51.1 Å². The summed E-state index contributed by atoms with van der Waals surface area (Å²) in [5.74, 6) is 0. The van der Waals surface area contributed by atoms with Crippen LogP contribution in [0.4, 0.5) is 0 Å². The minimum absolute atomic E-state index is 1.11. The molecule has 0 spiro atoms. The second-order valence-electron chi connectivity index (χ2n) is 8.67. The van der Waals surface area contributed by atoms with Crippen LogP contribution in [0.1, 0.15) is 74.9 Å². The van der Waals surface area contributed by atoms with Crippen molar-refractivity contribution < 1.29 is 0 Å². The van der Waals surface area contributed by atoms with E-state index in [0.717, 1.165) is 12.0 Å². The molecule has 0 N–H and O–H groups in total. The first kappa shape index (κ1) is 33.4. The third-order valence-corrected chi connectivity index (χ3v) is 5.72. The molecule has 3 aromatic carbocycles. The Morgan fingerprint density at radius 2 is 1.46 bits per heavy atom. The van der Waals surface area contributed by atoms with Crippen molar-refractivity contribution in [3.63, 3.8) is 0 Å². The van der Waals surface area contributed by atoms with Gasteiger partial charge in [0.2, 0.25) is 0 Å².